The van der Waals surface area contributed by atoms with E-state index >= 15 is 0 Å². The second-order valence-corrected chi connectivity index (χ2v) is 8.37. The fourth-order valence-electron chi connectivity index (χ4n) is 3.73. The molecule has 1 heterocycles. The standard InChI is InChI=1S/C22H29NO5/c1-22(2,3)28-21(25)23-8-6-14(7-9-23)10-16-11-15-12-18(26-4)19(27-5)13-17(15)20(16)24/h10,12-14H,6-9,11H2,1-5H3. The fourth-order valence-corrected chi connectivity index (χ4v) is 3.73. The molecule has 28 heavy (non-hydrogen) atoms. The van der Waals surface area contributed by atoms with Gasteiger partial charge < -0.3 is 19.1 Å². The van der Waals surface area contributed by atoms with Gasteiger partial charge in [-0.05, 0) is 57.2 Å². The summed E-state index contributed by atoms with van der Waals surface area (Å²) in [5, 5.41) is 0. The van der Waals surface area contributed by atoms with E-state index < -0.39 is 5.60 Å². The van der Waals surface area contributed by atoms with Gasteiger partial charge in [0.2, 0.25) is 0 Å². The van der Waals surface area contributed by atoms with E-state index in [1.54, 1.807) is 25.2 Å². The molecule has 0 atom stereocenters. The predicted molar refractivity (Wildman–Crippen MR) is 106 cm³/mol. The average Bonchev–Trinajstić information content (AvgIpc) is 2.94. The Morgan fingerprint density at radius 2 is 1.71 bits per heavy atom. The lowest BCUT2D eigenvalue weighted by Crippen LogP contribution is -2.41. The molecular formula is C22H29NO5. The van der Waals surface area contributed by atoms with E-state index in [1.165, 1.54) is 0 Å². The first kappa shape index (κ1) is 20.2. The summed E-state index contributed by atoms with van der Waals surface area (Å²) in [6, 6.07) is 3.65. The summed E-state index contributed by atoms with van der Waals surface area (Å²) in [5.74, 6) is 1.56. The van der Waals surface area contributed by atoms with Crippen LogP contribution in [0.4, 0.5) is 4.79 Å². The number of carbonyl (C=O) groups is 2. The summed E-state index contributed by atoms with van der Waals surface area (Å²) in [4.78, 5) is 26.8. The second kappa shape index (κ2) is 7.86. The number of hydrogen-bond acceptors (Lipinski definition) is 5. The molecule has 6 heteroatoms. The number of ketones is 1. The van der Waals surface area contributed by atoms with Gasteiger partial charge in [-0.25, -0.2) is 4.79 Å². The van der Waals surface area contributed by atoms with E-state index in [1.807, 2.05) is 26.8 Å². The summed E-state index contributed by atoms with van der Waals surface area (Å²) in [7, 11) is 3.16. The molecule has 0 bridgehead atoms. The minimum Gasteiger partial charge on any atom is -0.493 e. The summed E-state index contributed by atoms with van der Waals surface area (Å²) < 4.78 is 16.1. The highest BCUT2D eigenvalue weighted by Gasteiger charge is 2.30. The number of ether oxygens (including phenoxy) is 3. The zero-order chi connectivity index (χ0) is 20.5. The first-order valence-electron chi connectivity index (χ1n) is 9.70. The lowest BCUT2D eigenvalue weighted by Gasteiger charge is -2.32. The Bertz CT molecular complexity index is 798. The number of benzene rings is 1. The van der Waals surface area contributed by atoms with Crippen LogP contribution in [0, 0.1) is 5.92 Å². The van der Waals surface area contributed by atoms with Crippen molar-refractivity contribution in [2.24, 2.45) is 5.92 Å². The molecule has 0 unspecified atom stereocenters. The molecule has 1 aromatic rings. The number of allylic oxidation sites excluding steroid dienone is 2. The Hall–Kier alpha value is -2.50. The summed E-state index contributed by atoms with van der Waals surface area (Å²) in [6.07, 6.45) is 4.11. The van der Waals surface area contributed by atoms with Crippen LogP contribution in [-0.2, 0) is 11.2 Å². The summed E-state index contributed by atoms with van der Waals surface area (Å²) in [5.41, 5.74) is 2.00. The zero-order valence-electron chi connectivity index (χ0n) is 17.3. The van der Waals surface area contributed by atoms with Gasteiger partial charge in [-0.3, -0.25) is 4.79 Å². The number of rotatable bonds is 3. The Morgan fingerprint density at radius 3 is 2.29 bits per heavy atom. The minimum absolute atomic E-state index is 0.0607. The van der Waals surface area contributed by atoms with E-state index in [-0.39, 0.29) is 17.8 Å². The van der Waals surface area contributed by atoms with Crippen molar-refractivity contribution in [1.82, 2.24) is 4.90 Å². The average molecular weight is 387 g/mol. The number of likely N-dealkylation sites (tertiary alicyclic amines) is 1. The molecule has 0 aromatic heterocycles. The smallest absolute Gasteiger partial charge is 0.410 e. The fraction of sp³-hybridized carbons (Fsp3) is 0.545. The molecule has 1 fully saturated rings. The van der Waals surface area contributed by atoms with E-state index in [2.05, 4.69) is 6.08 Å². The van der Waals surface area contributed by atoms with Gasteiger partial charge in [0.25, 0.3) is 0 Å². The van der Waals surface area contributed by atoms with Crippen molar-refractivity contribution in [2.45, 2.75) is 45.6 Å². The van der Waals surface area contributed by atoms with Gasteiger partial charge >= 0.3 is 6.09 Å². The maximum Gasteiger partial charge on any atom is 0.410 e. The van der Waals surface area contributed by atoms with Crippen LogP contribution in [0.15, 0.2) is 23.8 Å². The third-order valence-electron chi connectivity index (χ3n) is 5.15. The molecule has 1 aliphatic heterocycles. The van der Waals surface area contributed by atoms with Crippen LogP contribution in [0.25, 0.3) is 0 Å². The van der Waals surface area contributed by atoms with Crippen molar-refractivity contribution < 1.29 is 23.8 Å². The number of amides is 1. The molecule has 3 rings (SSSR count). The van der Waals surface area contributed by atoms with Crippen molar-refractivity contribution in [3.63, 3.8) is 0 Å². The van der Waals surface area contributed by atoms with Crippen molar-refractivity contribution in [1.29, 1.82) is 0 Å². The van der Waals surface area contributed by atoms with E-state index in [9.17, 15) is 9.59 Å². The lowest BCUT2D eigenvalue weighted by molar-refractivity contribution is 0.0197. The van der Waals surface area contributed by atoms with Crippen LogP contribution >= 0.6 is 0 Å². The molecular weight excluding hydrogens is 358 g/mol. The number of Topliss-reactive ketones (excluding diaryl/α,β-unsaturated/α-hetero) is 1. The first-order valence-corrected chi connectivity index (χ1v) is 9.70. The molecule has 0 radical (unpaired) electrons. The topological polar surface area (TPSA) is 65.1 Å². The van der Waals surface area contributed by atoms with Crippen LogP contribution in [0.3, 0.4) is 0 Å². The normalized spacial score (nSPS) is 19.0. The summed E-state index contributed by atoms with van der Waals surface area (Å²) >= 11 is 0. The van der Waals surface area contributed by atoms with Crippen molar-refractivity contribution in [3.8, 4) is 11.5 Å². The molecule has 1 amide bonds. The van der Waals surface area contributed by atoms with Crippen LogP contribution in [0.2, 0.25) is 0 Å². The molecule has 1 saturated heterocycles. The SMILES string of the molecule is COc1cc2c(cc1OC)C(=O)C(=CC1CCN(C(=O)OC(C)(C)C)CC1)C2. The van der Waals surface area contributed by atoms with E-state index in [0.29, 0.717) is 36.6 Å². The molecule has 2 aliphatic rings. The van der Waals surface area contributed by atoms with Crippen LogP contribution in [0.1, 0.15) is 49.5 Å². The lowest BCUT2D eigenvalue weighted by atomic mass is 9.93. The molecule has 1 aliphatic carbocycles. The minimum atomic E-state index is -0.486. The second-order valence-electron chi connectivity index (χ2n) is 8.37. The summed E-state index contributed by atoms with van der Waals surface area (Å²) in [6.45, 7) is 6.90. The van der Waals surface area contributed by atoms with E-state index in [0.717, 1.165) is 24.0 Å². The predicted octanol–water partition coefficient (Wildman–Crippen LogP) is 4.02. The number of carbonyl (C=O) groups excluding carboxylic acids is 2. The number of methoxy groups -OCH3 is 2. The Kier molecular flexibility index (Phi) is 5.68. The monoisotopic (exact) mass is 387 g/mol. The number of nitrogens with zero attached hydrogens (tertiary/aromatic N) is 1. The maximum atomic E-state index is 12.8. The Labute approximate surface area is 166 Å². The van der Waals surface area contributed by atoms with Gasteiger partial charge in [0.1, 0.15) is 5.60 Å². The van der Waals surface area contributed by atoms with E-state index in [4.69, 9.17) is 14.2 Å². The molecule has 152 valence electrons. The van der Waals surface area contributed by atoms with Crippen molar-refractivity contribution >= 4 is 11.9 Å². The molecule has 0 N–H and O–H groups in total. The van der Waals surface area contributed by atoms with Crippen molar-refractivity contribution in [2.75, 3.05) is 27.3 Å². The van der Waals surface area contributed by atoms with Gasteiger partial charge in [-0.2, -0.15) is 0 Å². The quantitative estimate of drug-likeness (QED) is 0.733. The molecule has 0 saturated carbocycles. The van der Waals surface area contributed by atoms with Gasteiger partial charge in [0.05, 0.1) is 14.2 Å². The highest BCUT2D eigenvalue weighted by atomic mass is 16.6. The van der Waals surface area contributed by atoms with Gasteiger partial charge in [0, 0.05) is 30.6 Å². The number of fused-ring (bicyclic) bond motifs is 1. The van der Waals surface area contributed by atoms with Crippen LogP contribution in [-0.4, -0.2) is 49.7 Å². The molecule has 1 aromatic carbocycles. The van der Waals surface area contributed by atoms with Gasteiger partial charge in [0.15, 0.2) is 17.3 Å². The highest BCUT2D eigenvalue weighted by Crippen LogP contribution is 2.37. The third kappa shape index (κ3) is 4.32. The van der Waals surface area contributed by atoms with Crippen molar-refractivity contribution in [3.05, 3.63) is 34.9 Å². The molecule has 6 nitrogen and oxygen atoms in total. The van der Waals surface area contributed by atoms with Crippen LogP contribution in [0.5, 0.6) is 11.5 Å². The number of piperidine rings is 1. The number of hydrogen-bond donors (Lipinski definition) is 0. The first-order chi connectivity index (χ1) is 13.2. The molecule has 0 spiro atoms. The largest absolute Gasteiger partial charge is 0.493 e. The van der Waals surface area contributed by atoms with Gasteiger partial charge in [-0.15, -0.1) is 0 Å². The third-order valence-corrected chi connectivity index (χ3v) is 5.15. The van der Waals surface area contributed by atoms with Crippen LogP contribution < -0.4 is 9.47 Å². The Balaban J connectivity index is 1.66. The van der Waals surface area contributed by atoms with Gasteiger partial charge in [-0.1, -0.05) is 6.08 Å². The highest BCUT2D eigenvalue weighted by molar-refractivity contribution is 6.13. The zero-order valence-corrected chi connectivity index (χ0v) is 17.3. The Morgan fingerprint density at radius 1 is 1.11 bits per heavy atom. The maximum absolute atomic E-state index is 12.8.